The van der Waals surface area contributed by atoms with Crippen LogP contribution in [-0.2, 0) is 10.0 Å². The number of hydrazone groups is 1. The van der Waals surface area contributed by atoms with E-state index in [0.717, 1.165) is 5.56 Å². The van der Waals surface area contributed by atoms with Crippen LogP contribution in [0.1, 0.15) is 12.5 Å². The lowest BCUT2D eigenvalue weighted by Gasteiger charge is -2.09. The van der Waals surface area contributed by atoms with Gasteiger partial charge in [-0.1, -0.05) is 17.7 Å². The van der Waals surface area contributed by atoms with Gasteiger partial charge in [-0.15, -0.1) is 0 Å². The van der Waals surface area contributed by atoms with Gasteiger partial charge in [0.15, 0.2) is 0 Å². The summed E-state index contributed by atoms with van der Waals surface area (Å²) in [5, 5.41) is 3.87. The summed E-state index contributed by atoms with van der Waals surface area (Å²) in [6.07, 6.45) is 0. The fourth-order valence-corrected chi connectivity index (χ4v) is 2.28. The van der Waals surface area contributed by atoms with Crippen molar-refractivity contribution in [3.8, 4) is 0 Å². The lowest BCUT2D eigenvalue weighted by Crippen LogP contribution is -2.24. The minimum absolute atomic E-state index is 0.217. The molecule has 0 aliphatic carbocycles. The molecule has 1 N–H and O–H groups in total. The minimum atomic E-state index is -3.56. The van der Waals surface area contributed by atoms with Crippen LogP contribution in [0, 0.1) is 6.92 Å². The number of hydrogen-bond acceptors (Lipinski definition) is 4. The zero-order chi connectivity index (χ0) is 13.8. The van der Waals surface area contributed by atoms with Crippen LogP contribution in [0.4, 0.5) is 0 Å². The van der Waals surface area contributed by atoms with Crippen LogP contribution in [0.15, 0.2) is 34.3 Å². The van der Waals surface area contributed by atoms with Crippen molar-refractivity contribution in [2.24, 2.45) is 5.10 Å². The van der Waals surface area contributed by atoms with Crippen LogP contribution in [0.25, 0.3) is 0 Å². The lowest BCUT2D eigenvalue weighted by atomic mass is 10.2. The molecule has 0 unspecified atom stereocenters. The zero-order valence-electron chi connectivity index (χ0n) is 11.1. The van der Waals surface area contributed by atoms with Gasteiger partial charge in [0.1, 0.15) is 0 Å². The number of benzene rings is 1. The van der Waals surface area contributed by atoms with E-state index in [0.29, 0.717) is 12.3 Å². The maximum absolute atomic E-state index is 11.9. The third kappa shape index (κ3) is 4.46. The van der Waals surface area contributed by atoms with Crippen LogP contribution in [0.2, 0.25) is 0 Å². The summed E-state index contributed by atoms with van der Waals surface area (Å²) < 4.78 is 23.8. The van der Waals surface area contributed by atoms with Crippen molar-refractivity contribution < 1.29 is 8.42 Å². The molecule has 0 spiro atoms. The highest BCUT2D eigenvalue weighted by Crippen LogP contribution is 2.09. The molecule has 0 saturated heterocycles. The minimum Gasteiger partial charge on any atom is -0.304 e. The fraction of sp³-hybridized carbons (Fsp3) is 0.417. The molecule has 1 rings (SSSR count). The monoisotopic (exact) mass is 269 g/mol. The maximum Gasteiger partial charge on any atom is 0.276 e. The summed E-state index contributed by atoms with van der Waals surface area (Å²) in [5.41, 5.74) is 1.72. The smallest absolute Gasteiger partial charge is 0.276 e. The summed E-state index contributed by atoms with van der Waals surface area (Å²) >= 11 is 0. The number of rotatable bonds is 5. The van der Waals surface area contributed by atoms with Crippen molar-refractivity contribution in [3.63, 3.8) is 0 Å². The molecule has 0 fully saturated rings. The maximum atomic E-state index is 11.9. The van der Waals surface area contributed by atoms with E-state index in [1.807, 2.05) is 25.9 Å². The SMILES string of the molecule is C/C(CN(C)C)=N\NS(=O)(=O)c1ccc(C)cc1. The van der Waals surface area contributed by atoms with Gasteiger partial charge in [-0.25, -0.2) is 4.83 Å². The second-order valence-electron chi connectivity index (χ2n) is 4.49. The first-order valence-electron chi connectivity index (χ1n) is 5.57. The molecule has 0 amide bonds. The number of nitrogens with zero attached hydrogens (tertiary/aromatic N) is 2. The molecular weight excluding hydrogens is 250 g/mol. The Hall–Kier alpha value is -1.40. The van der Waals surface area contributed by atoms with Gasteiger partial charge >= 0.3 is 0 Å². The standard InChI is InChI=1S/C12H19N3O2S/c1-10-5-7-12(8-6-10)18(16,17)14-13-11(2)9-15(3)4/h5-8,14H,9H2,1-4H3/b13-11+. The van der Waals surface area contributed by atoms with Crippen LogP contribution in [0.5, 0.6) is 0 Å². The molecule has 0 radical (unpaired) electrons. The van der Waals surface area contributed by atoms with Crippen molar-refractivity contribution in [2.75, 3.05) is 20.6 Å². The quantitative estimate of drug-likeness (QED) is 0.645. The lowest BCUT2D eigenvalue weighted by molar-refractivity contribution is 0.468. The molecule has 18 heavy (non-hydrogen) atoms. The molecule has 0 bridgehead atoms. The molecule has 6 heteroatoms. The van der Waals surface area contributed by atoms with Crippen molar-refractivity contribution in [1.82, 2.24) is 9.73 Å². The third-order valence-corrected chi connectivity index (χ3v) is 3.46. The second kappa shape index (κ2) is 5.97. The van der Waals surface area contributed by atoms with Gasteiger partial charge in [-0.3, -0.25) is 0 Å². The van der Waals surface area contributed by atoms with E-state index in [1.165, 1.54) is 0 Å². The normalized spacial score (nSPS) is 12.8. The number of aryl methyl sites for hydroxylation is 1. The van der Waals surface area contributed by atoms with Gasteiger partial charge in [-0.2, -0.15) is 13.5 Å². The van der Waals surface area contributed by atoms with Gasteiger partial charge in [-0.05, 0) is 40.1 Å². The molecule has 0 aliphatic rings. The van der Waals surface area contributed by atoms with E-state index in [2.05, 4.69) is 9.93 Å². The van der Waals surface area contributed by atoms with Gasteiger partial charge in [0, 0.05) is 12.3 Å². The highest BCUT2D eigenvalue weighted by Gasteiger charge is 2.12. The molecular formula is C12H19N3O2S. The summed E-state index contributed by atoms with van der Waals surface area (Å²) in [5.74, 6) is 0. The van der Waals surface area contributed by atoms with Crippen LogP contribution >= 0.6 is 0 Å². The third-order valence-electron chi connectivity index (χ3n) is 2.23. The predicted octanol–water partition coefficient (Wildman–Crippen LogP) is 1.21. The molecule has 0 atom stereocenters. The van der Waals surface area contributed by atoms with Gasteiger partial charge in [0.05, 0.1) is 4.90 Å². The Bertz CT molecular complexity index is 519. The van der Waals surface area contributed by atoms with E-state index in [4.69, 9.17) is 0 Å². The van der Waals surface area contributed by atoms with E-state index < -0.39 is 10.0 Å². The van der Waals surface area contributed by atoms with E-state index >= 15 is 0 Å². The molecule has 1 aromatic rings. The first-order valence-corrected chi connectivity index (χ1v) is 7.06. The Morgan fingerprint density at radius 3 is 2.33 bits per heavy atom. The van der Waals surface area contributed by atoms with Crippen LogP contribution < -0.4 is 4.83 Å². The van der Waals surface area contributed by atoms with Gasteiger partial charge < -0.3 is 4.90 Å². The molecule has 0 aromatic heterocycles. The van der Waals surface area contributed by atoms with Crippen LogP contribution in [-0.4, -0.2) is 39.7 Å². The van der Waals surface area contributed by atoms with Crippen LogP contribution in [0.3, 0.4) is 0 Å². The first kappa shape index (κ1) is 14.7. The summed E-state index contributed by atoms with van der Waals surface area (Å²) in [6, 6.07) is 6.64. The molecule has 0 saturated carbocycles. The number of hydrogen-bond donors (Lipinski definition) is 1. The Labute approximate surface area is 109 Å². The second-order valence-corrected chi connectivity index (χ2v) is 6.15. The summed E-state index contributed by atoms with van der Waals surface area (Å²) in [4.78, 5) is 4.37. The Balaban J connectivity index is 2.80. The molecule has 0 aliphatic heterocycles. The van der Waals surface area contributed by atoms with Crippen molar-refractivity contribution in [2.45, 2.75) is 18.7 Å². The zero-order valence-corrected chi connectivity index (χ0v) is 12.0. The van der Waals surface area contributed by atoms with Gasteiger partial charge in [0.25, 0.3) is 10.0 Å². The topological polar surface area (TPSA) is 61.8 Å². The fourth-order valence-electron chi connectivity index (χ4n) is 1.40. The van der Waals surface area contributed by atoms with E-state index in [-0.39, 0.29) is 4.90 Å². The molecule has 5 nitrogen and oxygen atoms in total. The Kier molecular flexibility index (Phi) is 4.86. The molecule has 0 heterocycles. The van der Waals surface area contributed by atoms with Crippen molar-refractivity contribution in [3.05, 3.63) is 29.8 Å². The highest BCUT2D eigenvalue weighted by atomic mass is 32.2. The average Bonchev–Trinajstić information content (AvgIpc) is 2.26. The predicted molar refractivity (Wildman–Crippen MR) is 73.2 cm³/mol. The molecule has 100 valence electrons. The van der Waals surface area contributed by atoms with E-state index in [9.17, 15) is 8.42 Å². The highest BCUT2D eigenvalue weighted by molar-refractivity contribution is 7.89. The van der Waals surface area contributed by atoms with Gasteiger partial charge in [0.2, 0.25) is 0 Å². The van der Waals surface area contributed by atoms with E-state index in [1.54, 1.807) is 31.2 Å². The number of nitrogens with one attached hydrogen (secondary N) is 1. The average molecular weight is 269 g/mol. The summed E-state index contributed by atoms with van der Waals surface area (Å²) in [7, 11) is 0.229. The Morgan fingerprint density at radius 1 is 1.28 bits per heavy atom. The molecule has 1 aromatic carbocycles. The van der Waals surface area contributed by atoms with Crippen molar-refractivity contribution >= 4 is 15.7 Å². The Morgan fingerprint density at radius 2 is 1.83 bits per heavy atom. The largest absolute Gasteiger partial charge is 0.304 e. The summed E-state index contributed by atoms with van der Waals surface area (Å²) in [6.45, 7) is 4.29. The van der Waals surface area contributed by atoms with Crippen molar-refractivity contribution in [1.29, 1.82) is 0 Å². The first-order chi connectivity index (χ1) is 8.31. The number of sulfonamides is 1.